The molecule has 0 saturated heterocycles. The van der Waals surface area contributed by atoms with Gasteiger partial charge in [0.25, 0.3) is 0 Å². The molecule has 15 heavy (non-hydrogen) atoms. The molecular formula is C10H12N4S. The molecule has 2 heterocycles. The highest BCUT2D eigenvalue weighted by Crippen LogP contribution is 2.19. The highest BCUT2D eigenvalue weighted by atomic mass is 32.1. The van der Waals surface area contributed by atoms with Crippen LogP contribution in [0.5, 0.6) is 0 Å². The van der Waals surface area contributed by atoms with E-state index in [1.165, 1.54) is 11.3 Å². The van der Waals surface area contributed by atoms with Gasteiger partial charge >= 0.3 is 0 Å². The second-order valence-electron chi connectivity index (χ2n) is 3.20. The molecule has 0 amide bonds. The van der Waals surface area contributed by atoms with Gasteiger partial charge in [0.15, 0.2) is 10.8 Å². The summed E-state index contributed by atoms with van der Waals surface area (Å²) < 4.78 is 0. The average Bonchev–Trinajstić information content (AvgIpc) is 2.70. The first-order chi connectivity index (χ1) is 7.29. The number of thiazole rings is 1. The van der Waals surface area contributed by atoms with Crippen molar-refractivity contribution in [3.8, 4) is 10.8 Å². The van der Waals surface area contributed by atoms with Crippen LogP contribution in [0.1, 0.15) is 19.0 Å². The predicted molar refractivity (Wildman–Crippen MR) is 61.5 cm³/mol. The molecule has 0 spiro atoms. The van der Waals surface area contributed by atoms with Crippen LogP contribution in [-0.4, -0.2) is 15.0 Å². The first-order valence-electron chi connectivity index (χ1n) is 4.83. The highest BCUT2D eigenvalue weighted by Gasteiger charge is 2.06. The number of rotatable bonds is 3. The Kier molecular flexibility index (Phi) is 2.91. The van der Waals surface area contributed by atoms with Crippen molar-refractivity contribution in [2.45, 2.75) is 19.8 Å². The summed E-state index contributed by atoms with van der Waals surface area (Å²) in [6.07, 6.45) is 3.71. The average molecular weight is 220 g/mol. The lowest BCUT2D eigenvalue weighted by Gasteiger charge is -2.02. The number of nitrogens with zero attached hydrogens (tertiary/aromatic N) is 3. The smallest absolute Gasteiger partial charge is 0.190 e. The lowest BCUT2D eigenvalue weighted by atomic mass is 10.2. The molecule has 0 saturated carbocycles. The van der Waals surface area contributed by atoms with Gasteiger partial charge < -0.3 is 5.73 Å². The number of aromatic nitrogens is 3. The summed E-state index contributed by atoms with van der Waals surface area (Å²) in [4.78, 5) is 12.8. The second-order valence-corrected chi connectivity index (χ2v) is 4.09. The summed E-state index contributed by atoms with van der Waals surface area (Å²) in [5.41, 5.74) is 6.70. The summed E-state index contributed by atoms with van der Waals surface area (Å²) in [6, 6.07) is 1.82. The lowest BCUT2D eigenvalue weighted by molar-refractivity contribution is 0.876. The van der Waals surface area contributed by atoms with E-state index < -0.39 is 0 Å². The molecule has 0 radical (unpaired) electrons. The van der Waals surface area contributed by atoms with Gasteiger partial charge in [-0.2, -0.15) is 0 Å². The fraction of sp³-hybridized carbons (Fsp3) is 0.300. The van der Waals surface area contributed by atoms with Crippen molar-refractivity contribution in [1.82, 2.24) is 15.0 Å². The molecule has 0 aliphatic heterocycles. The Balaban J connectivity index is 2.40. The SMILES string of the molecule is CCCc1cc(N)nc(-c2nccs2)n1. The van der Waals surface area contributed by atoms with Gasteiger partial charge in [0.1, 0.15) is 5.82 Å². The van der Waals surface area contributed by atoms with Crippen LogP contribution in [0.4, 0.5) is 5.82 Å². The summed E-state index contributed by atoms with van der Waals surface area (Å²) in [6.45, 7) is 2.11. The van der Waals surface area contributed by atoms with Crippen molar-refractivity contribution >= 4 is 17.2 Å². The van der Waals surface area contributed by atoms with E-state index in [4.69, 9.17) is 5.73 Å². The molecule has 0 bridgehead atoms. The maximum atomic E-state index is 5.72. The molecule has 5 heteroatoms. The van der Waals surface area contributed by atoms with E-state index in [1.807, 2.05) is 11.4 Å². The van der Waals surface area contributed by atoms with Gasteiger partial charge in [0.05, 0.1) is 0 Å². The lowest BCUT2D eigenvalue weighted by Crippen LogP contribution is -1.99. The van der Waals surface area contributed by atoms with Crippen LogP contribution >= 0.6 is 11.3 Å². The third-order valence-corrected chi connectivity index (χ3v) is 2.70. The molecule has 78 valence electrons. The molecular weight excluding hydrogens is 208 g/mol. The monoisotopic (exact) mass is 220 g/mol. The van der Waals surface area contributed by atoms with E-state index in [9.17, 15) is 0 Å². The van der Waals surface area contributed by atoms with Gasteiger partial charge in [-0.25, -0.2) is 15.0 Å². The fourth-order valence-corrected chi connectivity index (χ4v) is 1.90. The van der Waals surface area contributed by atoms with Crippen LogP contribution in [0.2, 0.25) is 0 Å². The third-order valence-electron chi connectivity index (χ3n) is 1.93. The van der Waals surface area contributed by atoms with Crippen LogP contribution in [0, 0.1) is 0 Å². The van der Waals surface area contributed by atoms with Gasteiger partial charge in [-0.05, 0) is 6.42 Å². The van der Waals surface area contributed by atoms with Crippen molar-refractivity contribution in [2.24, 2.45) is 0 Å². The number of aryl methyl sites for hydroxylation is 1. The van der Waals surface area contributed by atoms with Crippen LogP contribution in [0.3, 0.4) is 0 Å². The Labute approximate surface area is 92.2 Å². The van der Waals surface area contributed by atoms with E-state index in [-0.39, 0.29) is 0 Å². The maximum Gasteiger partial charge on any atom is 0.190 e. The zero-order valence-electron chi connectivity index (χ0n) is 8.47. The Morgan fingerprint density at radius 3 is 2.93 bits per heavy atom. The number of nitrogens with two attached hydrogens (primary N) is 1. The van der Waals surface area contributed by atoms with Crippen molar-refractivity contribution in [1.29, 1.82) is 0 Å². The maximum absolute atomic E-state index is 5.72. The van der Waals surface area contributed by atoms with Gasteiger partial charge in [-0.1, -0.05) is 13.3 Å². The molecule has 0 aromatic carbocycles. The molecule has 0 unspecified atom stereocenters. The van der Waals surface area contributed by atoms with Crippen molar-refractivity contribution in [3.05, 3.63) is 23.3 Å². The number of nitrogen functional groups attached to an aromatic ring is 1. The predicted octanol–water partition coefficient (Wildman–Crippen LogP) is 2.13. The quantitative estimate of drug-likeness (QED) is 0.860. The summed E-state index contributed by atoms with van der Waals surface area (Å²) in [5, 5.41) is 2.72. The van der Waals surface area contributed by atoms with Gasteiger partial charge in [0, 0.05) is 23.3 Å². The van der Waals surface area contributed by atoms with E-state index >= 15 is 0 Å². The van der Waals surface area contributed by atoms with Crippen molar-refractivity contribution in [2.75, 3.05) is 5.73 Å². The Bertz CT molecular complexity index is 439. The zero-order valence-corrected chi connectivity index (χ0v) is 9.29. The topological polar surface area (TPSA) is 64.7 Å². The molecule has 0 fully saturated rings. The highest BCUT2D eigenvalue weighted by molar-refractivity contribution is 7.12. The van der Waals surface area contributed by atoms with E-state index in [0.717, 1.165) is 23.5 Å². The van der Waals surface area contributed by atoms with Crippen LogP contribution in [0.15, 0.2) is 17.6 Å². The Morgan fingerprint density at radius 1 is 1.40 bits per heavy atom. The number of anilines is 1. The first-order valence-corrected chi connectivity index (χ1v) is 5.71. The fourth-order valence-electron chi connectivity index (χ4n) is 1.33. The third kappa shape index (κ3) is 2.30. The van der Waals surface area contributed by atoms with E-state index in [0.29, 0.717) is 11.6 Å². The summed E-state index contributed by atoms with van der Waals surface area (Å²) in [5.74, 6) is 1.15. The molecule has 0 aliphatic carbocycles. The van der Waals surface area contributed by atoms with Crippen LogP contribution < -0.4 is 5.73 Å². The molecule has 2 aromatic heterocycles. The zero-order chi connectivity index (χ0) is 10.7. The number of hydrogen-bond donors (Lipinski definition) is 1. The van der Waals surface area contributed by atoms with Crippen LogP contribution in [-0.2, 0) is 6.42 Å². The molecule has 4 nitrogen and oxygen atoms in total. The minimum absolute atomic E-state index is 0.513. The minimum atomic E-state index is 0.513. The van der Waals surface area contributed by atoms with Crippen molar-refractivity contribution < 1.29 is 0 Å². The molecule has 0 atom stereocenters. The molecule has 2 rings (SSSR count). The summed E-state index contributed by atoms with van der Waals surface area (Å²) >= 11 is 1.52. The molecule has 0 aliphatic rings. The van der Waals surface area contributed by atoms with Gasteiger partial charge in [0.2, 0.25) is 0 Å². The Hall–Kier alpha value is -1.49. The standard InChI is InChI=1S/C10H12N4S/c1-2-3-7-6-8(11)14-9(13-7)10-12-4-5-15-10/h4-6H,2-3H2,1H3,(H2,11,13,14). The van der Waals surface area contributed by atoms with Crippen molar-refractivity contribution in [3.63, 3.8) is 0 Å². The summed E-state index contributed by atoms with van der Waals surface area (Å²) in [7, 11) is 0. The first kappa shape index (κ1) is 10.0. The van der Waals surface area contributed by atoms with E-state index in [1.54, 1.807) is 6.20 Å². The second kappa shape index (κ2) is 4.35. The molecule has 2 N–H and O–H groups in total. The largest absolute Gasteiger partial charge is 0.384 e. The van der Waals surface area contributed by atoms with Gasteiger partial charge in [-0.3, -0.25) is 0 Å². The number of hydrogen-bond acceptors (Lipinski definition) is 5. The normalized spacial score (nSPS) is 10.5. The van der Waals surface area contributed by atoms with Gasteiger partial charge in [-0.15, -0.1) is 11.3 Å². The molecule has 2 aromatic rings. The van der Waals surface area contributed by atoms with E-state index in [2.05, 4.69) is 21.9 Å². The van der Waals surface area contributed by atoms with Crippen LogP contribution in [0.25, 0.3) is 10.8 Å². The Morgan fingerprint density at radius 2 is 2.27 bits per heavy atom. The minimum Gasteiger partial charge on any atom is -0.384 e.